The summed E-state index contributed by atoms with van der Waals surface area (Å²) < 4.78 is 11.9. The minimum atomic E-state index is -1.99. The van der Waals surface area contributed by atoms with Gasteiger partial charge in [0.25, 0.3) is 0 Å². The third-order valence-electron chi connectivity index (χ3n) is 4.22. The zero-order valence-electron chi connectivity index (χ0n) is 18.1. The van der Waals surface area contributed by atoms with Gasteiger partial charge in [-0.1, -0.05) is 53.4 Å². The van der Waals surface area contributed by atoms with Gasteiger partial charge in [-0.2, -0.15) is 0 Å². The molecule has 0 heterocycles. The Balaban J connectivity index is 5.25. The zero-order valence-corrected chi connectivity index (χ0v) is 19.1. The van der Waals surface area contributed by atoms with Crippen molar-refractivity contribution in [2.45, 2.75) is 104 Å². The van der Waals surface area contributed by atoms with E-state index in [9.17, 15) is 4.79 Å². The van der Waals surface area contributed by atoms with E-state index in [0.717, 1.165) is 0 Å². The van der Waals surface area contributed by atoms with Gasteiger partial charge in [-0.3, -0.25) is 0 Å². The average molecular weight is 367 g/mol. The molecule has 0 fully saturated rings. The second kappa shape index (κ2) is 9.05. The first-order valence-electron chi connectivity index (χ1n) is 9.26. The van der Waals surface area contributed by atoms with Crippen molar-refractivity contribution in [3.8, 4) is 11.8 Å². The van der Waals surface area contributed by atoms with Crippen molar-refractivity contribution >= 4 is 14.3 Å². The summed E-state index contributed by atoms with van der Waals surface area (Å²) in [5.74, 6) is 5.73. The number of hydrogen-bond donors (Lipinski definition) is 0. The molecule has 0 radical (unpaired) electrons. The monoisotopic (exact) mass is 366 g/mol. The summed E-state index contributed by atoms with van der Waals surface area (Å²) in [5, 5.41) is 0. The van der Waals surface area contributed by atoms with Crippen LogP contribution in [0.3, 0.4) is 0 Å². The van der Waals surface area contributed by atoms with Gasteiger partial charge in [0.1, 0.15) is 11.2 Å². The van der Waals surface area contributed by atoms with E-state index in [1.165, 1.54) is 6.08 Å². The van der Waals surface area contributed by atoms with E-state index in [4.69, 9.17) is 9.16 Å². The summed E-state index contributed by atoms with van der Waals surface area (Å²) >= 11 is 0. The summed E-state index contributed by atoms with van der Waals surface area (Å²) in [6.45, 7) is 23.1. The Hall–Kier alpha value is -1.05. The molecule has 4 heteroatoms. The highest BCUT2D eigenvalue weighted by atomic mass is 28.4. The zero-order chi connectivity index (χ0) is 20.1. The van der Waals surface area contributed by atoms with Gasteiger partial charge in [-0.05, 0) is 57.3 Å². The maximum atomic E-state index is 11.7. The number of rotatable bonds is 6. The molecule has 0 spiro atoms. The smallest absolute Gasteiger partial charge is 0.331 e. The topological polar surface area (TPSA) is 35.5 Å². The Morgan fingerprint density at radius 1 is 0.920 bits per heavy atom. The highest BCUT2D eigenvalue weighted by molar-refractivity contribution is 6.77. The van der Waals surface area contributed by atoms with E-state index >= 15 is 0 Å². The van der Waals surface area contributed by atoms with Crippen LogP contribution in [-0.2, 0) is 14.0 Å². The molecule has 25 heavy (non-hydrogen) atoms. The van der Waals surface area contributed by atoms with Gasteiger partial charge in [0.05, 0.1) is 0 Å². The Labute approximate surface area is 156 Å². The summed E-state index contributed by atoms with van der Waals surface area (Å²) in [5.41, 5.74) is 0.472. The fourth-order valence-electron chi connectivity index (χ4n) is 3.48. The summed E-state index contributed by atoms with van der Waals surface area (Å²) in [6.07, 6.45) is 2.91. The maximum absolute atomic E-state index is 11.7. The lowest BCUT2D eigenvalue weighted by Gasteiger charge is -2.46. The molecule has 3 nitrogen and oxygen atoms in total. The van der Waals surface area contributed by atoms with Crippen LogP contribution in [0.4, 0.5) is 0 Å². The average Bonchev–Trinajstić information content (AvgIpc) is 2.38. The molecule has 0 aromatic carbocycles. The van der Waals surface area contributed by atoms with E-state index in [0.29, 0.717) is 16.6 Å². The quantitative estimate of drug-likeness (QED) is 0.256. The van der Waals surface area contributed by atoms with Gasteiger partial charge in [-0.25, -0.2) is 4.79 Å². The Kier molecular flexibility index (Phi) is 8.67. The van der Waals surface area contributed by atoms with Crippen molar-refractivity contribution in [1.29, 1.82) is 0 Å². The van der Waals surface area contributed by atoms with Gasteiger partial charge in [0.15, 0.2) is 0 Å². The third kappa shape index (κ3) is 7.79. The lowest BCUT2D eigenvalue weighted by atomic mass is 10.1. The molecular weight excluding hydrogens is 328 g/mol. The number of ether oxygens (including phenoxy) is 1. The minimum absolute atomic E-state index is 0.379. The van der Waals surface area contributed by atoms with Crippen molar-refractivity contribution in [2.75, 3.05) is 0 Å². The van der Waals surface area contributed by atoms with Crippen LogP contribution in [0.5, 0.6) is 0 Å². The van der Waals surface area contributed by atoms with Crippen molar-refractivity contribution in [2.24, 2.45) is 0 Å². The Morgan fingerprint density at radius 2 is 1.36 bits per heavy atom. The normalized spacial score (nSPS) is 13.5. The van der Waals surface area contributed by atoms with Crippen molar-refractivity contribution in [3.05, 3.63) is 12.2 Å². The minimum Gasteiger partial charge on any atom is -0.457 e. The summed E-state index contributed by atoms with van der Waals surface area (Å²) in [4.78, 5) is 11.7. The number of carbonyl (C=O) groups excluding carboxylic acids is 1. The van der Waals surface area contributed by atoms with Crippen molar-refractivity contribution < 1.29 is 14.0 Å². The molecule has 0 aromatic heterocycles. The van der Waals surface area contributed by atoms with E-state index in [1.807, 2.05) is 34.6 Å². The van der Waals surface area contributed by atoms with Crippen LogP contribution in [-0.4, -0.2) is 25.5 Å². The summed E-state index contributed by atoms with van der Waals surface area (Å²) in [6, 6.07) is 0. The van der Waals surface area contributed by atoms with Crippen LogP contribution < -0.4 is 0 Å². The molecule has 0 rings (SSSR count). The molecule has 0 unspecified atom stereocenters. The molecule has 0 saturated carbocycles. The standard InChI is InChI=1S/C21H38O3Si/c1-16(2)25(17(3)4,18(5)6)24-21(10,11)15-13-12-14-19(22)23-20(7,8)9/h12,14,16-18H,1-11H3/b14-12+. The van der Waals surface area contributed by atoms with Crippen LogP contribution in [0.1, 0.15) is 76.2 Å². The first kappa shape index (κ1) is 23.9. The summed E-state index contributed by atoms with van der Waals surface area (Å²) in [7, 11) is -1.99. The van der Waals surface area contributed by atoms with Gasteiger partial charge in [0.2, 0.25) is 8.32 Å². The van der Waals surface area contributed by atoms with Gasteiger partial charge < -0.3 is 9.16 Å². The molecule has 0 aliphatic carbocycles. The highest BCUT2D eigenvalue weighted by Gasteiger charge is 2.48. The van der Waals surface area contributed by atoms with Gasteiger partial charge in [-0.15, -0.1) is 0 Å². The number of hydrogen-bond acceptors (Lipinski definition) is 3. The second-order valence-electron chi connectivity index (χ2n) is 9.07. The van der Waals surface area contributed by atoms with Crippen LogP contribution in [0, 0.1) is 11.8 Å². The molecule has 0 aromatic rings. The SMILES string of the molecule is CC(C)[Si](OC(C)(C)C#C/C=C/C(=O)OC(C)(C)C)(C(C)C)C(C)C. The molecule has 0 aliphatic heterocycles. The number of carbonyl (C=O) groups is 1. The molecule has 144 valence electrons. The highest BCUT2D eigenvalue weighted by Crippen LogP contribution is 2.44. The van der Waals surface area contributed by atoms with Crippen molar-refractivity contribution in [1.82, 2.24) is 0 Å². The predicted molar refractivity (Wildman–Crippen MR) is 109 cm³/mol. The molecule has 0 saturated heterocycles. The van der Waals surface area contributed by atoms with Gasteiger partial charge >= 0.3 is 5.97 Å². The number of allylic oxidation sites excluding steroid dienone is 1. The largest absolute Gasteiger partial charge is 0.457 e. The van der Waals surface area contributed by atoms with E-state index in [-0.39, 0.29) is 5.97 Å². The third-order valence-corrected chi connectivity index (χ3v) is 10.5. The Morgan fingerprint density at radius 3 is 1.72 bits per heavy atom. The van der Waals surface area contributed by atoms with Crippen LogP contribution >= 0.6 is 0 Å². The number of esters is 1. The lowest BCUT2D eigenvalue weighted by molar-refractivity contribution is -0.148. The molecule has 0 aliphatic rings. The van der Waals surface area contributed by atoms with Gasteiger partial charge in [0, 0.05) is 6.08 Å². The molecule has 0 N–H and O–H groups in total. The van der Waals surface area contributed by atoms with Crippen LogP contribution in [0.2, 0.25) is 16.6 Å². The fourth-order valence-corrected chi connectivity index (χ4v) is 9.12. The first-order chi connectivity index (χ1) is 11.1. The first-order valence-corrected chi connectivity index (χ1v) is 11.4. The van der Waals surface area contributed by atoms with E-state index in [1.54, 1.807) is 6.08 Å². The van der Waals surface area contributed by atoms with Crippen LogP contribution in [0.25, 0.3) is 0 Å². The molecule has 0 atom stereocenters. The van der Waals surface area contributed by atoms with Crippen LogP contribution in [0.15, 0.2) is 12.2 Å². The maximum Gasteiger partial charge on any atom is 0.331 e. The Bertz CT molecular complexity index is 504. The van der Waals surface area contributed by atoms with Crippen molar-refractivity contribution in [3.63, 3.8) is 0 Å². The van der Waals surface area contributed by atoms with E-state index in [2.05, 4.69) is 53.4 Å². The molecule has 0 bridgehead atoms. The predicted octanol–water partition coefficient (Wildman–Crippen LogP) is 5.86. The fraction of sp³-hybridized carbons (Fsp3) is 0.762. The lowest BCUT2D eigenvalue weighted by Crippen LogP contribution is -2.52. The second-order valence-corrected chi connectivity index (χ2v) is 14.4. The molecular formula is C21H38O3Si. The van der Waals surface area contributed by atoms with E-state index < -0.39 is 19.5 Å². The molecule has 0 amide bonds.